The second-order valence-corrected chi connectivity index (χ2v) is 5.69. The minimum atomic E-state index is -0.552. The van der Waals surface area contributed by atoms with Crippen LogP contribution in [0.15, 0.2) is 0 Å². The third kappa shape index (κ3) is 6.58. The number of hydrogen-bond acceptors (Lipinski definition) is 4. The molecule has 0 amide bonds. The van der Waals surface area contributed by atoms with Crippen LogP contribution in [0.25, 0.3) is 0 Å². The van der Waals surface area contributed by atoms with Crippen molar-refractivity contribution in [2.75, 3.05) is 57.4 Å². The molecule has 0 atom stereocenters. The maximum atomic E-state index is 11.1. The summed E-state index contributed by atoms with van der Waals surface area (Å²) in [6.45, 7) is 8.80. The van der Waals surface area contributed by atoms with Gasteiger partial charge in [-0.2, -0.15) is 0 Å². The molecule has 0 aromatic heterocycles. The van der Waals surface area contributed by atoms with E-state index in [0.717, 1.165) is 63.9 Å². The molecule has 0 aliphatic carbocycles. The molecule has 0 bridgehead atoms. The van der Waals surface area contributed by atoms with Crippen molar-refractivity contribution in [3.8, 4) is 0 Å². The van der Waals surface area contributed by atoms with Gasteiger partial charge < -0.3 is 15.0 Å². The summed E-state index contributed by atoms with van der Waals surface area (Å²) in [6.07, 6.45) is 1.08. The van der Waals surface area contributed by atoms with E-state index in [1.807, 2.05) is 6.92 Å². The Hall–Kier alpha value is 0.0300. The average Bonchev–Trinajstić information content (AvgIpc) is 2.30. The molecule has 1 N–H and O–H groups in total. The van der Waals surface area contributed by atoms with Crippen molar-refractivity contribution in [1.29, 1.82) is 0 Å². The van der Waals surface area contributed by atoms with Crippen molar-refractivity contribution in [1.82, 2.24) is 10.2 Å². The van der Waals surface area contributed by atoms with E-state index in [4.69, 9.17) is 4.74 Å². The van der Waals surface area contributed by atoms with Crippen LogP contribution in [0.1, 0.15) is 13.3 Å². The van der Waals surface area contributed by atoms with Crippen LogP contribution in [0.4, 0.5) is 0 Å². The SMILES string of the molecule is CCOCCCNCCN1CCS(=O)CC1. The van der Waals surface area contributed by atoms with Crippen molar-refractivity contribution in [2.24, 2.45) is 0 Å². The number of nitrogens with zero attached hydrogens (tertiary/aromatic N) is 1. The fraction of sp³-hybridized carbons (Fsp3) is 1.00. The molecule has 1 fully saturated rings. The van der Waals surface area contributed by atoms with Crippen LogP contribution in [0, 0.1) is 0 Å². The van der Waals surface area contributed by atoms with Gasteiger partial charge in [0, 0.05) is 61.7 Å². The van der Waals surface area contributed by atoms with E-state index >= 15 is 0 Å². The zero-order chi connectivity index (χ0) is 11.6. The van der Waals surface area contributed by atoms with Gasteiger partial charge in [-0.1, -0.05) is 0 Å². The van der Waals surface area contributed by atoms with E-state index in [1.54, 1.807) is 0 Å². The highest BCUT2D eigenvalue weighted by molar-refractivity contribution is 7.85. The normalized spacial score (nSPS) is 19.1. The summed E-state index contributed by atoms with van der Waals surface area (Å²) in [4.78, 5) is 2.39. The Morgan fingerprint density at radius 3 is 2.75 bits per heavy atom. The highest BCUT2D eigenvalue weighted by Gasteiger charge is 2.13. The number of ether oxygens (including phenoxy) is 1. The first-order chi connectivity index (χ1) is 7.83. The smallest absolute Gasteiger partial charge is 0.0477 e. The summed E-state index contributed by atoms with van der Waals surface area (Å²) in [5, 5.41) is 3.41. The fourth-order valence-electron chi connectivity index (χ4n) is 1.71. The number of nitrogens with one attached hydrogen (secondary N) is 1. The van der Waals surface area contributed by atoms with Crippen LogP contribution >= 0.6 is 0 Å². The van der Waals surface area contributed by atoms with Crippen LogP contribution in [0.2, 0.25) is 0 Å². The molecule has 96 valence electrons. The molecule has 4 nitrogen and oxygen atoms in total. The van der Waals surface area contributed by atoms with Gasteiger partial charge in [-0.15, -0.1) is 0 Å². The molecule has 0 aromatic carbocycles. The van der Waals surface area contributed by atoms with E-state index in [2.05, 4.69) is 10.2 Å². The number of hydrogen-bond donors (Lipinski definition) is 1. The molecule has 1 aliphatic rings. The van der Waals surface area contributed by atoms with Crippen LogP contribution < -0.4 is 5.32 Å². The average molecular weight is 248 g/mol. The minimum absolute atomic E-state index is 0.552. The highest BCUT2D eigenvalue weighted by Crippen LogP contribution is 1.98. The lowest BCUT2D eigenvalue weighted by molar-refractivity contribution is 0.144. The molecule has 5 heteroatoms. The lowest BCUT2D eigenvalue weighted by Gasteiger charge is -2.25. The molecular weight excluding hydrogens is 224 g/mol. The van der Waals surface area contributed by atoms with E-state index in [-0.39, 0.29) is 0 Å². The molecule has 1 saturated heterocycles. The molecular formula is C11H24N2O2S. The zero-order valence-electron chi connectivity index (χ0n) is 10.2. The van der Waals surface area contributed by atoms with Crippen molar-refractivity contribution in [3.63, 3.8) is 0 Å². The first kappa shape index (κ1) is 14.1. The van der Waals surface area contributed by atoms with E-state index in [1.165, 1.54) is 0 Å². The van der Waals surface area contributed by atoms with Gasteiger partial charge in [0.25, 0.3) is 0 Å². The summed E-state index contributed by atoms with van der Waals surface area (Å²) in [5.41, 5.74) is 0. The quantitative estimate of drug-likeness (QED) is 0.617. The molecule has 1 aliphatic heterocycles. The van der Waals surface area contributed by atoms with Gasteiger partial charge in [-0.05, 0) is 19.9 Å². The summed E-state index contributed by atoms with van der Waals surface area (Å²) < 4.78 is 16.4. The van der Waals surface area contributed by atoms with Gasteiger partial charge >= 0.3 is 0 Å². The van der Waals surface area contributed by atoms with E-state index < -0.39 is 10.8 Å². The Labute approximate surface area is 101 Å². The molecule has 1 heterocycles. The number of rotatable bonds is 8. The largest absolute Gasteiger partial charge is 0.382 e. The minimum Gasteiger partial charge on any atom is -0.382 e. The monoisotopic (exact) mass is 248 g/mol. The van der Waals surface area contributed by atoms with Crippen LogP contribution in [0.5, 0.6) is 0 Å². The molecule has 0 aromatic rings. The van der Waals surface area contributed by atoms with Gasteiger partial charge in [0.15, 0.2) is 0 Å². The predicted octanol–water partition coefficient (Wildman–Crippen LogP) is 0.0669. The Morgan fingerprint density at radius 1 is 1.31 bits per heavy atom. The van der Waals surface area contributed by atoms with Crippen molar-refractivity contribution in [3.05, 3.63) is 0 Å². The van der Waals surface area contributed by atoms with Crippen LogP contribution in [-0.4, -0.2) is 66.6 Å². The summed E-state index contributed by atoms with van der Waals surface area (Å²) in [5.74, 6) is 1.70. The Kier molecular flexibility index (Phi) is 8.02. The van der Waals surface area contributed by atoms with Crippen molar-refractivity contribution < 1.29 is 8.95 Å². The van der Waals surface area contributed by atoms with Crippen molar-refractivity contribution in [2.45, 2.75) is 13.3 Å². The first-order valence-corrected chi connectivity index (χ1v) is 7.67. The molecule has 0 saturated carbocycles. The topological polar surface area (TPSA) is 41.6 Å². The Balaban J connectivity index is 1.85. The van der Waals surface area contributed by atoms with Gasteiger partial charge in [0.05, 0.1) is 0 Å². The second kappa shape index (κ2) is 9.10. The van der Waals surface area contributed by atoms with Gasteiger partial charge in [0.2, 0.25) is 0 Å². The van der Waals surface area contributed by atoms with Gasteiger partial charge in [0.1, 0.15) is 0 Å². The Morgan fingerprint density at radius 2 is 2.06 bits per heavy atom. The predicted molar refractivity (Wildman–Crippen MR) is 68.3 cm³/mol. The lowest BCUT2D eigenvalue weighted by Crippen LogP contribution is -2.41. The molecule has 0 unspecified atom stereocenters. The highest BCUT2D eigenvalue weighted by atomic mass is 32.2. The zero-order valence-corrected chi connectivity index (χ0v) is 11.1. The van der Waals surface area contributed by atoms with Gasteiger partial charge in [-0.3, -0.25) is 4.21 Å². The third-order valence-corrected chi connectivity index (χ3v) is 4.00. The maximum Gasteiger partial charge on any atom is 0.0477 e. The van der Waals surface area contributed by atoms with Crippen molar-refractivity contribution >= 4 is 10.8 Å². The summed E-state index contributed by atoms with van der Waals surface area (Å²) in [7, 11) is -0.552. The standard InChI is InChI=1S/C11H24N2O2S/c1-2-15-9-3-4-12-5-6-13-7-10-16(14)11-8-13/h12H,2-11H2,1H3. The Bertz CT molecular complexity index is 192. The van der Waals surface area contributed by atoms with Crippen LogP contribution in [-0.2, 0) is 15.5 Å². The molecule has 0 radical (unpaired) electrons. The van der Waals surface area contributed by atoms with E-state index in [9.17, 15) is 4.21 Å². The third-order valence-electron chi connectivity index (χ3n) is 2.72. The lowest BCUT2D eigenvalue weighted by atomic mass is 10.4. The van der Waals surface area contributed by atoms with E-state index in [0.29, 0.717) is 0 Å². The molecule has 16 heavy (non-hydrogen) atoms. The summed E-state index contributed by atoms with van der Waals surface area (Å²) >= 11 is 0. The summed E-state index contributed by atoms with van der Waals surface area (Å²) in [6, 6.07) is 0. The first-order valence-electron chi connectivity index (χ1n) is 6.18. The molecule has 1 rings (SSSR count). The second-order valence-electron chi connectivity index (χ2n) is 3.99. The molecule has 0 spiro atoms. The van der Waals surface area contributed by atoms with Gasteiger partial charge in [-0.25, -0.2) is 0 Å². The maximum absolute atomic E-state index is 11.1. The fourth-order valence-corrected chi connectivity index (χ4v) is 2.83. The van der Waals surface area contributed by atoms with Crippen LogP contribution in [0.3, 0.4) is 0 Å².